The van der Waals surface area contributed by atoms with E-state index in [0.717, 1.165) is 45.4 Å². The summed E-state index contributed by atoms with van der Waals surface area (Å²) in [4.78, 5) is 42.2. The van der Waals surface area contributed by atoms with Gasteiger partial charge in [-0.1, -0.05) is 85.8 Å². The smallest absolute Gasteiger partial charge is 0.316 e. The van der Waals surface area contributed by atoms with E-state index in [4.69, 9.17) is 9.47 Å². The van der Waals surface area contributed by atoms with Gasteiger partial charge >= 0.3 is 5.97 Å². The van der Waals surface area contributed by atoms with Gasteiger partial charge in [-0.15, -0.1) is 0 Å². The van der Waals surface area contributed by atoms with E-state index in [9.17, 15) is 14.4 Å². The molecule has 1 aliphatic rings. The number of esters is 1. The van der Waals surface area contributed by atoms with Crippen LogP contribution >= 0.6 is 0 Å². The number of fused-ring (bicyclic) bond motifs is 1. The van der Waals surface area contributed by atoms with Gasteiger partial charge in [0.15, 0.2) is 0 Å². The largest absolute Gasteiger partial charge is 0.492 e. The molecule has 0 spiro atoms. The van der Waals surface area contributed by atoms with Crippen molar-refractivity contribution >= 4 is 33.8 Å². The highest BCUT2D eigenvalue weighted by Crippen LogP contribution is 2.36. The second-order valence-corrected chi connectivity index (χ2v) is 15.8. The molecule has 9 nitrogen and oxygen atoms in total. The fourth-order valence-corrected chi connectivity index (χ4v) is 7.33. The predicted molar refractivity (Wildman–Crippen MR) is 230 cm³/mol. The minimum atomic E-state index is -0.604. The monoisotopic (exact) mass is 792 g/mol. The van der Waals surface area contributed by atoms with Crippen molar-refractivity contribution in [3.63, 3.8) is 0 Å². The molecular formula is C49H49FN4O5. The summed E-state index contributed by atoms with van der Waals surface area (Å²) in [5.41, 5.74) is 6.03. The van der Waals surface area contributed by atoms with E-state index in [-0.39, 0.29) is 23.0 Å². The summed E-state index contributed by atoms with van der Waals surface area (Å²) in [7, 11) is 0. The maximum atomic E-state index is 15.0. The Bertz CT molecular complexity index is 2520. The molecule has 0 unspecified atom stereocenters. The van der Waals surface area contributed by atoms with Crippen LogP contribution in [0.25, 0.3) is 21.9 Å². The van der Waals surface area contributed by atoms with E-state index in [1.807, 2.05) is 87.5 Å². The highest BCUT2D eigenvalue weighted by Gasteiger charge is 2.26. The summed E-state index contributed by atoms with van der Waals surface area (Å²) in [6, 6.07) is 38.0. The van der Waals surface area contributed by atoms with Crippen molar-refractivity contribution < 1.29 is 23.5 Å². The quantitative estimate of drug-likeness (QED) is 0.0751. The maximum absolute atomic E-state index is 15.0. The van der Waals surface area contributed by atoms with Crippen LogP contribution in [0.2, 0.25) is 0 Å². The zero-order valence-electron chi connectivity index (χ0n) is 34.0. The SMILES string of the molecule is CCC(=C(c1ccc(OCCN2CCN(C(=O)c3cc(Cc4n[nH]c(=O)c5ccccc45)ccc3F)CC2)cc1)c1ccc(OC(=O)C(C)(C)C)cc1)c1ccccc1. The van der Waals surface area contributed by atoms with Gasteiger partial charge in [0.1, 0.15) is 23.9 Å². The minimum absolute atomic E-state index is 0.0305. The Labute approximate surface area is 344 Å². The number of piperazine rings is 1. The van der Waals surface area contributed by atoms with Gasteiger partial charge in [-0.25, -0.2) is 9.49 Å². The third-order valence-corrected chi connectivity index (χ3v) is 10.6. The van der Waals surface area contributed by atoms with Crippen molar-refractivity contribution in [3.8, 4) is 11.5 Å². The summed E-state index contributed by atoms with van der Waals surface area (Å²) in [5.74, 6) is 0.0745. The topological polar surface area (TPSA) is 105 Å². The van der Waals surface area contributed by atoms with Crippen molar-refractivity contribution in [1.29, 1.82) is 0 Å². The molecule has 0 saturated carbocycles. The number of allylic oxidation sites excluding steroid dienone is 1. The van der Waals surface area contributed by atoms with Crippen LogP contribution in [-0.2, 0) is 11.2 Å². The number of amides is 1. The van der Waals surface area contributed by atoms with E-state index in [1.165, 1.54) is 11.6 Å². The van der Waals surface area contributed by atoms with Gasteiger partial charge in [-0.2, -0.15) is 5.10 Å². The van der Waals surface area contributed by atoms with Gasteiger partial charge in [0.05, 0.1) is 22.1 Å². The molecule has 1 saturated heterocycles. The number of aromatic nitrogens is 2. The zero-order chi connectivity index (χ0) is 41.5. The number of carbonyl (C=O) groups excluding carboxylic acids is 2. The molecule has 0 atom stereocenters. The van der Waals surface area contributed by atoms with Gasteiger partial charge in [0, 0.05) is 44.5 Å². The summed E-state index contributed by atoms with van der Waals surface area (Å²) in [6.07, 6.45) is 1.15. The number of nitrogens with zero attached hydrogens (tertiary/aromatic N) is 3. The van der Waals surface area contributed by atoms with E-state index in [0.29, 0.717) is 62.6 Å². The fraction of sp³-hybridized carbons (Fsp3) is 0.265. The molecule has 5 aromatic carbocycles. The van der Waals surface area contributed by atoms with Crippen LogP contribution in [0.4, 0.5) is 4.39 Å². The van der Waals surface area contributed by atoms with Gasteiger partial charge in [0.2, 0.25) is 0 Å². The average Bonchev–Trinajstić information content (AvgIpc) is 3.25. The number of carbonyl (C=O) groups is 2. The molecule has 1 aliphatic heterocycles. The second kappa shape index (κ2) is 18.0. The molecule has 1 N–H and O–H groups in total. The van der Waals surface area contributed by atoms with Crippen LogP contribution in [0, 0.1) is 11.2 Å². The molecule has 6 aromatic rings. The Balaban J connectivity index is 0.963. The summed E-state index contributed by atoms with van der Waals surface area (Å²) in [5, 5.41) is 8.04. The number of aromatic amines is 1. The number of hydrogen-bond acceptors (Lipinski definition) is 7. The van der Waals surface area contributed by atoms with Crippen LogP contribution < -0.4 is 15.0 Å². The van der Waals surface area contributed by atoms with Crippen LogP contribution in [0.1, 0.15) is 72.4 Å². The first-order chi connectivity index (χ1) is 28.5. The summed E-state index contributed by atoms with van der Waals surface area (Å²) < 4.78 is 26.9. The first-order valence-corrected chi connectivity index (χ1v) is 20.1. The third-order valence-electron chi connectivity index (χ3n) is 10.6. The number of nitrogens with one attached hydrogen (secondary N) is 1. The van der Waals surface area contributed by atoms with Crippen molar-refractivity contribution in [2.24, 2.45) is 5.41 Å². The highest BCUT2D eigenvalue weighted by atomic mass is 19.1. The number of benzene rings is 5. The lowest BCUT2D eigenvalue weighted by Gasteiger charge is -2.34. The van der Waals surface area contributed by atoms with E-state index in [1.54, 1.807) is 29.2 Å². The van der Waals surface area contributed by atoms with Crippen molar-refractivity contribution in [1.82, 2.24) is 20.0 Å². The number of hydrogen-bond donors (Lipinski definition) is 1. The second-order valence-electron chi connectivity index (χ2n) is 15.8. The number of rotatable bonds is 12. The van der Waals surface area contributed by atoms with Crippen LogP contribution in [0.5, 0.6) is 11.5 Å². The van der Waals surface area contributed by atoms with Crippen LogP contribution in [-0.4, -0.2) is 71.2 Å². The molecule has 0 bridgehead atoms. The van der Waals surface area contributed by atoms with Crippen LogP contribution in [0.15, 0.2) is 126 Å². The van der Waals surface area contributed by atoms with Crippen molar-refractivity contribution in [2.45, 2.75) is 40.5 Å². The summed E-state index contributed by atoms with van der Waals surface area (Å²) >= 11 is 0. The molecule has 7 rings (SSSR count). The predicted octanol–water partition coefficient (Wildman–Crippen LogP) is 8.81. The number of ether oxygens (including phenoxy) is 2. The van der Waals surface area contributed by atoms with Crippen molar-refractivity contribution in [2.75, 3.05) is 39.3 Å². The molecule has 1 aromatic heterocycles. The summed E-state index contributed by atoms with van der Waals surface area (Å²) in [6.45, 7) is 11.0. The Morgan fingerprint density at radius 2 is 1.39 bits per heavy atom. The molecule has 59 heavy (non-hydrogen) atoms. The van der Waals surface area contributed by atoms with Gasteiger partial charge in [-0.05, 0) is 103 Å². The van der Waals surface area contributed by atoms with E-state index < -0.39 is 11.2 Å². The molecule has 0 aliphatic carbocycles. The molecule has 1 amide bonds. The molecule has 10 heteroatoms. The van der Waals surface area contributed by atoms with E-state index >= 15 is 4.39 Å². The van der Waals surface area contributed by atoms with Crippen LogP contribution in [0.3, 0.4) is 0 Å². The molecule has 2 heterocycles. The Morgan fingerprint density at radius 3 is 2.03 bits per heavy atom. The molecule has 1 fully saturated rings. The first-order valence-electron chi connectivity index (χ1n) is 20.1. The Morgan fingerprint density at radius 1 is 0.763 bits per heavy atom. The number of H-pyrrole nitrogens is 1. The van der Waals surface area contributed by atoms with Gasteiger partial charge < -0.3 is 14.4 Å². The minimum Gasteiger partial charge on any atom is -0.492 e. The normalized spacial score (nSPS) is 13.9. The lowest BCUT2D eigenvalue weighted by molar-refractivity contribution is -0.143. The molecule has 0 radical (unpaired) electrons. The molecule has 302 valence electrons. The maximum Gasteiger partial charge on any atom is 0.316 e. The lowest BCUT2D eigenvalue weighted by atomic mass is 9.88. The number of halogens is 1. The van der Waals surface area contributed by atoms with Crippen molar-refractivity contribution in [3.05, 3.63) is 171 Å². The average molecular weight is 793 g/mol. The zero-order valence-corrected chi connectivity index (χ0v) is 34.0. The third kappa shape index (κ3) is 9.67. The van der Waals surface area contributed by atoms with E-state index in [2.05, 4.69) is 46.3 Å². The molecular weight excluding hydrogens is 744 g/mol. The first kappa shape index (κ1) is 40.8. The van der Waals surface area contributed by atoms with Gasteiger partial charge in [0.25, 0.3) is 11.5 Å². The fourth-order valence-electron chi connectivity index (χ4n) is 7.33. The highest BCUT2D eigenvalue weighted by molar-refractivity contribution is 5.99. The Kier molecular flexibility index (Phi) is 12.5. The van der Waals surface area contributed by atoms with Gasteiger partial charge in [-0.3, -0.25) is 19.3 Å². The lowest BCUT2D eigenvalue weighted by Crippen LogP contribution is -2.49. The standard InChI is InChI=1S/C49H49FN4O5/c1-5-39(34-11-7-6-8-12-34)45(36-18-22-38(23-19-36)59-48(57)49(2,3)4)35-16-20-37(21-17-35)58-30-29-53-25-27-54(28-26-53)47(56)42-31-33(15-24-43(42)50)32-44-40-13-9-10-14-41(40)46(55)52-51-44/h6-24,31H,5,25-30,32H2,1-4H3,(H,52,55). The Hall–Kier alpha value is -6.39.